The van der Waals surface area contributed by atoms with E-state index >= 15 is 0 Å². The minimum atomic E-state index is 0.462. The predicted molar refractivity (Wildman–Crippen MR) is 73.6 cm³/mol. The van der Waals surface area contributed by atoms with Crippen LogP contribution in [0, 0.1) is 6.92 Å². The highest BCUT2D eigenvalue weighted by Crippen LogP contribution is 2.25. The van der Waals surface area contributed by atoms with Gasteiger partial charge in [0.15, 0.2) is 0 Å². The van der Waals surface area contributed by atoms with Gasteiger partial charge < -0.3 is 0 Å². The van der Waals surface area contributed by atoms with E-state index in [-0.39, 0.29) is 0 Å². The molecule has 1 aliphatic rings. The number of hydrogen-bond donors (Lipinski definition) is 0. The first kappa shape index (κ1) is 12.2. The van der Waals surface area contributed by atoms with E-state index in [1.165, 1.54) is 0 Å². The standard InChI is InChI=1S/C15H18N4/c1-12-5-8-17-15(18-12)13-6-9-19(10-13)11-14-4-2-3-7-16-14/h2-5,7-8,13H,6,9-11H2,1H3/t13-/m0/s1. The van der Waals surface area contributed by atoms with Crippen LogP contribution in [0.15, 0.2) is 36.7 Å². The van der Waals surface area contributed by atoms with Crippen LogP contribution in [0.3, 0.4) is 0 Å². The van der Waals surface area contributed by atoms with Crippen molar-refractivity contribution in [1.82, 2.24) is 19.9 Å². The van der Waals surface area contributed by atoms with Crippen LogP contribution in [0.5, 0.6) is 0 Å². The third-order valence-corrected chi connectivity index (χ3v) is 3.56. The number of aromatic nitrogens is 3. The molecule has 4 heteroatoms. The van der Waals surface area contributed by atoms with Crippen LogP contribution in [0.1, 0.15) is 29.6 Å². The fourth-order valence-electron chi connectivity index (χ4n) is 2.57. The molecule has 2 aromatic rings. The van der Waals surface area contributed by atoms with Gasteiger partial charge in [0.25, 0.3) is 0 Å². The lowest BCUT2D eigenvalue weighted by Gasteiger charge is -2.15. The molecule has 2 aromatic heterocycles. The largest absolute Gasteiger partial charge is 0.297 e. The van der Waals surface area contributed by atoms with Crippen molar-refractivity contribution in [3.8, 4) is 0 Å². The van der Waals surface area contributed by atoms with E-state index in [2.05, 4.69) is 25.9 Å². The number of nitrogens with zero attached hydrogens (tertiary/aromatic N) is 4. The summed E-state index contributed by atoms with van der Waals surface area (Å²) in [6, 6.07) is 8.02. The summed E-state index contributed by atoms with van der Waals surface area (Å²) in [5.41, 5.74) is 2.18. The molecule has 0 bridgehead atoms. The van der Waals surface area contributed by atoms with Gasteiger partial charge in [-0.15, -0.1) is 0 Å². The molecule has 1 atom stereocenters. The maximum absolute atomic E-state index is 4.54. The molecule has 0 spiro atoms. The van der Waals surface area contributed by atoms with Gasteiger partial charge in [-0.2, -0.15) is 0 Å². The summed E-state index contributed by atoms with van der Waals surface area (Å²) in [6.07, 6.45) is 4.85. The lowest BCUT2D eigenvalue weighted by Crippen LogP contribution is -2.20. The second-order valence-electron chi connectivity index (χ2n) is 5.10. The van der Waals surface area contributed by atoms with Crippen LogP contribution in [-0.4, -0.2) is 32.9 Å². The van der Waals surface area contributed by atoms with Crippen molar-refractivity contribution in [3.63, 3.8) is 0 Å². The Morgan fingerprint density at radius 3 is 2.95 bits per heavy atom. The maximum atomic E-state index is 4.54. The molecule has 1 aliphatic heterocycles. The first-order valence-corrected chi connectivity index (χ1v) is 6.73. The third-order valence-electron chi connectivity index (χ3n) is 3.56. The van der Waals surface area contributed by atoms with Crippen LogP contribution in [0.25, 0.3) is 0 Å². The van der Waals surface area contributed by atoms with Crippen molar-refractivity contribution in [3.05, 3.63) is 53.9 Å². The summed E-state index contributed by atoms with van der Waals surface area (Å²) in [6.45, 7) is 5.06. The highest BCUT2D eigenvalue weighted by molar-refractivity contribution is 5.08. The normalized spacial score (nSPS) is 19.7. The van der Waals surface area contributed by atoms with Crippen molar-refractivity contribution >= 4 is 0 Å². The fraction of sp³-hybridized carbons (Fsp3) is 0.400. The van der Waals surface area contributed by atoms with Gasteiger partial charge in [0.1, 0.15) is 5.82 Å². The number of rotatable bonds is 3. The van der Waals surface area contributed by atoms with Crippen molar-refractivity contribution in [1.29, 1.82) is 0 Å². The maximum Gasteiger partial charge on any atom is 0.132 e. The Bertz CT molecular complexity index is 541. The van der Waals surface area contributed by atoms with Gasteiger partial charge in [0.05, 0.1) is 5.69 Å². The van der Waals surface area contributed by atoms with E-state index in [1.807, 2.05) is 37.5 Å². The summed E-state index contributed by atoms with van der Waals surface area (Å²) >= 11 is 0. The van der Waals surface area contributed by atoms with Gasteiger partial charge in [0, 0.05) is 37.1 Å². The molecule has 98 valence electrons. The highest BCUT2D eigenvalue weighted by atomic mass is 15.2. The molecule has 0 unspecified atom stereocenters. The Labute approximate surface area is 113 Å². The van der Waals surface area contributed by atoms with Crippen molar-refractivity contribution < 1.29 is 0 Å². The van der Waals surface area contributed by atoms with Crippen LogP contribution in [0.4, 0.5) is 0 Å². The number of pyridine rings is 1. The molecule has 0 aromatic carbocycles. The molecule has 1 saturated heterocycles. The zero-order valence-corrected chi connectivity index (χ0v) is 11.2. The third kappa shape index (κ3) is 2.96. The predicted octanol–water partition coefficient (Wildman–Crippen LogP) is 2.17. The van der Waals surface area contributed by atoms with Crippen molar-refractivity contribution in [2.45, 2.75) is 25.8 Å². The summed E-state index contributed by atoms with van der Waals surface area (Å²) in [7, 11) is 0. The topological polar surface area (TPSA) is 41.9 Å². The Balaban J connectivity index is 1.64. The molecule has 3 heterocycles. The molecule has 1 fully saturated rings. The highest BCUT2D eigenvalue weighted by Gasteiger charge is 2.25. The average molecular weight is 254 g/mol. The molecular weight excluding hydrogens is 236 g/mol. The van der Waals surface area contributed by atoms with Crippen molar-refractivity contribution in [2.24, 2.45) is 0 Å². The van der Waals surface area contributed by atoms with Crippen LogP contribution < -0.4 is 0 Å². The number of hydrogen-bond acceptors (Lipinski definition) is 4. The van der Waals surface area contributed by atoms with E-state index in [0.717, 1.165) is 43.3 Å². The smallest absolute Gasteiger partial charge is 0.132 e. The molecule has 0 amide bonds. The average Bonchev–Trinajstić information content (AvgIpc) is 2.88. The first-order chi connectivity index (χ1) is 9.31. The molecule has 3 rings (SSSR count). The van der Waals surface area contributed by atoms with Gasteiger partial charge in [0.2, 0.25) is 0 Å². The van der Waals surface area contributed by atoms with E-state index in [4.69, 9.17) is 0 Å². The summed E-state index contributed by atoms with van der Waals surface area (Å²) < 4.78 is 0. The van der Waals surface area contributed by atoms with Gasteiger partial charge in [-0.25, -0.2) is 9.97 Å². The van der Waals surface area contributed by atoms with E-state index in [9.17, 15) is 0 Å². The summed E-state index contributed by atoms with van der Waals surface area (Å²) in [5.74, 6) is 1.45. The van der Waals surface area contributed by atoms with Crippen LogP contribution in [-0.2, 0) is 6.54 Å². The molecule has 0 radical (unpaired) electrons. The van der Waals surface area contributed by atoms with Gasteiger partial charge >= 0.3 is 0 Å². The molecule has 0 saturated carbocycles. The quantitative estimate of drug-likeness (QED) is 0.842. The Hall–Kier alpha value is -1.81. The minimum Gasteiger partial charge on any atom is -0.297 e. The van der Waals surface area contributed by atoms with E-state index < -0.39 is 0 Å². The lowest BCUT2D eigenvalue weighted by molar-refractivity contribution is 0.321. The van der Waals surface area contributed by atoms with Gasteiger partial charge in [-0.1, -0.05) is 6.07 Å². The van der Waals surface area contributed by atoms with Crippen LogP contribution in [0.2, 0.25) is 0 Å². The Morgan fingerprint density at radius 2 is 2.16 bits per heavy atom. The second-order valence-corrected chi connectivity index (χ2v) is 5.10. The number of likely N-dealkylation sites (tertiary alicyclic amines) is 1. The Kier molecular flexibility index (Phi) is 3.51. The molecule has 19 heavy (non-hydrogen) atoms. The summed E-state index contributed by atoms with van der Waals surface area (Å²) in [5, 5.41) is 0. The number of aryl methyl sites for hydroxylation is 1. The van der Waals surface area contributed by atoms with Crippen molar-refractivity contribution in [2.75, 3.05) is 13.1 Å². The molecule has 0 N–H and O–H groups in total. The van der Waals surface area contributed by atoms with Gasteiger partial charge in [-0.05, 0) is 38.1 Å². The van der Waals surface area contributed by atoms with Crippen LogP contribution >= 0.6 is 0 Å². The van der Waals surface area contributed by atoms with Gasteiger partial charge in [-0.3, -0.25) is 9.88 Å². The van der Waals surface area contributed by atoms with E-state index in [0.29, 0.717) is 5.92 Å². The minimum absolute atomic E-state index is 0.462. The fourth-order valence-corrected chi connectivity index (χ4v) is 2.57. The van der Waals surface area contributed by atoms with E-state index in [1.54, 1.807) is 0 Å². The lowest BCUT2D eigenvalue weighted by atomic mass is 10.1. The molecule has 0 aliphatic carbocycles. The monoisotopic (exact) mass is 254 g/mol. The Morgan fingerprint density at radius 1 is 1.21 bits per heavy atom. The molecule has 4 nitrogen and oxygen atoms in total. The zero-order chi connectivity index (χ0) is 13.1. The molecular formula is C15H18N4. The zero-order valence-electron chi connectivity index (χ0n) is 11.2. The second kappa shape index (κ2) is 5.45. The SMILES string of the molecule is Cc1ccnc([C@H]2CCN(Cc3ccccn3)C2)n1. The first-order valence-electron chi connectivity index (χ1n) is 6.73. The summed E-state index contributed by atoms with van der Waals surface area (Å²) in [4.78, 5) is 15.8.